The topological polar surface area (TPSA) is 66.5 Å². The normalized spacial score (nSPS) is 15.7. The molecule has 5 nitrogen and oxygen atoms in total. The Morgan fingerprint density at radius 3 is 2.44 bits per heavy atom. The minimum absolute atomic E-state index is 0.278. The largest absolute Gasteiger partial charge is 0.325 e. The van der Waals surface area contributed by atoms with E-state index in [9.17, 15) is 14.4 Å². The average Bonchev–Trinajstić information content (AvgIpc) is 2.85. The molecule has 2 aromatic rings. The summed E-state index contributed by atoms with van der Waals surface area (Å²) in [6.07, 6.45) is 1.61. The Labute approximate surface area is 153 Å². The lowest BCUT2D eigenvalue weighted by atomic mass is 10.2. The molecule has 126 valence electrons. The molecule has 0 spiro atoms. The molecule has 1 aliphatic rings. The highest BCUT2D eigenvalue weighted by Crippen LogP contribution is 2.32. The Kier molecular flexibility index (Phi) is 5.21. The van der Waals surface area contributed by atoms with Crippen molar-refractivity contribution in [2.75, 3.05) is 11.9 Å². The summed E-state index contributed by atoms with van der Waals surface area (Å²) in [5, 5.41) is 2.77. The van der Waals surface area contributed by atoms with Crippen molar-refractivity contribution in [3.63, 3.8) is 0 Å². The van der Waals surface area contributed by atoms with Crippen molar-refractivity contribution in [2.24, 2.45) is 0 Å². The summed E-state index contributed by atoms with van der Waals surface area (Å²) in [6, 6.07) is 15.7. The average molecular weight is 373 g/mol. The van der Waals surface area contributed by atoms with Gasteiger partial charge in [-0.05, 0) is 47.7 Å². The first-order valence-electron chi connectivity index (χ1n) is 7.39. The van der Waals surface area contributed by atoms with E-state index in [0.29, 0.717) is 10.7 Å². The zero-order valence-corrected chi connectivity index (χ0v) is 14.5. The third-order valence-corrected chi connectivity index (χ3v) is 4.56. The number of carbonyl (C=O) groups is 3. The first kappa shape index (κ1) is 17.3. The van der Waals surface area contributed by atoms with Gasteiger partial charge in [0.15, 0.2) is 0 Å². The van der Waals surface area contributed by atoms with Crippen molar-refractivity contribution in [2.45, 2.75) is 0 Å². The van der Waals surface area contributed by atoms with E-state index in [-0.39, 0.29) is 11.4 Å². The number of benzene rings is 2. The molecule has 0 aliphatic carbocycles. The van der Waals surface area contributed by atoms with Crippen LogP contribution in [0, 0.1) is 0 Å². The van der Waals surface area contributed by atoms with E-state index >= 15 is 0 Å². The van der Waals surface area contributed by atoms with Crippen LogP contribution in [0.4, 0.5) is 10.5 Å². The third kappa shape index (κ3) is 4.29. The van der Waals surface area contributed by atoms with E-state index in [1.807, 2.05) is 6.07 Å². The number of hydrogen-bond donors (Lipinski definition) is 1. The quantitative estimate of drug-likeness (QED) is 0.823. The van der Waals surface area contributed by atoms with E-state index in [4.69, 9.17) is 11.6 Å². The van der Waals surface area contributed by atoms with Crippen LogP contribution in [0.25, 0.3) is 6.08 Å². The highest BCUT2D eigenvalue weighted by molar-refractivity contribution is 8.18. The molecule has 0 radical (unpaired) electrons. The van der Waals surface area contributed by atoms with E-state index in [0.717, 1.165) is 22.2 Å². The van der Waals surface area contributed by atoms with Crippen LogP contribution < -0.4 is 5.32 Å². The Balaban J connectivity index is 1.69. The lowest BCUT2D eigenvalue weighted by Crippen LogP contribution is -2.36. The number of halogens is 1. The smallest absolute Gasteiger partial charge is 0.294 e. The number of amides is 3. The fraction of sp³-hybridized carbons (Fsp3) is 0.0556. The van der Waals surface area contributed by atoms with E-state index in [1.165, 1.54) is 0 Å². The van der Waals surface area contributed by atoms with E-state index in [2.05, 4.69) is 5.32 Å². The molecule has 0 bridgehead atoms. The number of anilines is 1. The highest BCUT2D eigenvalue weighted by atomic mass is 35.5. The third-order valence-electron chi connectivity index (χ3n) is 3.40. The number of thioether (sulfide) groups is 1. The van der Waals surface area contributed by atoms with Crippen LogP contribution in [-0.4, -0.2) is 28.5 Å². The molecule has 25 heavy (non-hydrogen) atoms. The number of rotatable bonds is 4. The molecule has 3 rings (SSSR count). The fourth-order valence-electron chi connectivity index (χ4n) is 2.21. The van der Waals surface area contributed by atoms with E-state index in [1.54, 1.807) is 54.6 Å². The van der Waals surface area contributed by atoms with E-state index < -0.39 is 17.1 Å². The minimum Gasteiger partial charge on any atom is -0.325 e. The maximum Gasteiger partial charge on any atom is 0.294 e. The predicted octanol–water partition coefficient (Wildman–Crippen LogP) is 4.02. The van der Waals surface area contributed by atoms with Crippen LogP contribution in [0.2, 0.25) is 5.02 Å². The molecule has 7 heteroatoms. The van der Waals surface area contributed by atoms with Crippen LogP contribution in [0.15, 0.2) is 59.5 Å². The highest BCUT2D eigenvalue weighted by Gasteiger charge is 2.36. The van der Waals surface area contributed by atoms with Gasteiger partial charge in [-0.25, -0.2) is 0 Å². The Hall–Kier alpha value is -2.57. The second kappa shape index (κ2) is 7.55. The molecular formula is C18H13ClN2O3S. The van der Waals surface area contributed by atoms with Crippen molar-refractivity contribution in [3.8, 4) is 0 Å². The predicted molar refractivity (Wildman–Crippen MR) is 99.2 cm³/mol. The molecular weight excluding hydrogens is 360 g/mol. The Bertz CT molecular complexity index is 850. The summed E-state index contributed by atoms with van der Waals surface area (Å²) in [5.74, 6) is -0.908. The monoisotopic (exact) mass is 372 g/mol. The zero-order valence-electron chi connectivity index (χ0n) is 12.9. The first-order valence-corrected chi connectivity index (χ1v) is 8.58. The van der Waals surface area contributed by atoms with Gasteiger partial charge in [-0.3, -0.25) is 19.3 Å². The molecule has 1 fully saturated rings. The summed E-state index contributed by atoms with van der Waals surface area (Å²) in [6.45, 7) is -0.322. The van der Waals surface area contributed by atoms with Gasteiger partial charge in [-0.1, -0.05) is 41.9 Å². The SMILES string of the molecule is O=C(CN1C(=O)S/C(=C/c2ccc(Cl)cc2)C1=O)Nc1ccccc1. The molecule has 0 saturated carbocycles. The fourth-order valence-corrected chi connectivity index (χ4v) is 3.18. The Morgan fingerprint density at radius 2 is 1.76 bits per heavy atom. The summed E-state index contributed by atoms with van der Waals surface area (Å²) in [5.41, 5.74) is 1.36. The maximum atomic E-state index is 12.4. The number of hydrogen-bond acceptors (Lipinski definition) is 4. The maximum absolute atomic E-state index is 12.4. The molecule has 3 amide bonds. The second-order valence-electron chi connectivity index (χ2n) is 5.23. The summed E-state index contributed by atoms with van der Waals surface area (Å²) in [7, 11) is 0. The van der Waals surface area contributed by atoms with Gasteiger partial charge in [0.05, 0.1) is 4.91 Å². The van der Waals surface area contributed by atoms with Gasteiger partial charge in [0, 0.05) is 10.7 Å². The van der Waals surface area contributed by atoms with Crippen molar-refractivity contribution in [1.82, 2.24) is 4.90 Å². The first-order chi connectivity index (χ1) is 12.0. The molecule has 1 heterocycles. The van der Waals surface area contributed by atoms with Crippen LogP contribution in [0.1, 0.15) is 5.56 Å². The molecule has 2 aromatic carbocycles. The van der Waals surface area contributed by atoms with Gasteiger partial charge in [-0.15, -0.1) is 0 Å². The summed E-state index contributed by atoms with van der Waals surface area (Å²) in [4.78, 5) is 37.7. The molecule has 1 aliphatic heterocycles. The second-order valence-corrected chi connectivity index (χ2v) is 6.66. The Morgan fingerprint density at radius 1 is 1.08 bits per heavy atom. The van der Waals surface area contributed by atoms with Crippen LogP contribution >= 0.6 is 23.4 Å². The summed E-state index contributed by atoms with van der Waals surface area (Å²) >= 11 is 6.64. The van der Waals surface area contributed by atoms with Gasteiger partial charge in [0.1, 0.15) is 6.54 Å². The lowest BCUT2D eigenvalue weighted by molar-refractivity contribution is -0.127. The number of nitrogens with one attached hydrogen (secondary N) is 1. The minimum atomic E-state index is -0.479. The van der Waals surface area contributed by atoms with Gasteiger partial charge < -0.3 is 5.32 Å². The van der Waals surface area contributed by atoms with Crippen LogP contribution in [0.5, 0.6) is 0 Å². The van der Waals surface area contributed by atoms with Crippen molar-refractivity contribution in [3.05, 3.63) is 70.1 Å². The molecule has 0 atom stereocenters. The standard InChI is InChI=1S/C18H13ClN2O3S/c19-13-8-6-12(7-9-13)10-15-17(23)21(18(24)25-15)11-16(22)20-14-4-2-1-3-5-14/h1-10H,11H2,(H,20,22)/b15-10+. The van der Waals surface area contributed by atoms with Gasteiger partial charge >= 0.3 is 0 Å². The molecule has 1 N–H and O–H groups in total. The molecule has 0 unspecified atom stereocenters. The number of carbonyl (C=O) groups excluding carboxylic acids is 3. The van der Waals surface area contributed by atoms with Crippen molar-refractivity contribution in [1.29, 1.82) is 0 Å². The number of nitrogens with zero attached hydrogens (tertiary/aromatic N) is 1. The van der Waals surface area contributed by atoms with Gasteiger partial charge in [-0.2, -0.15) is 0 Å². The lowest BCUT2D eigenvalue weighted by Gasteiger charge is -2.12. The molecule has 1 saturated heterocycles. The van der Waals surface area contributed by atoms with Crippen LogP contribution in [0.3, 0.4) is 0 Å². The zero-order chi connectivity index (χ0) is 17.8. The van der Waals surface area contributed by atoms with Gasteiger partial charge in [0.2, 0.25) is 5.91 Å². The van der Waals surface area contributed by atoms with Gasteiger partial charge in [0.25, 0.3) is 11.1 Å². The van der Waals surface area contributed by atoms with Crippen molar-refractivity contribution >= 4 is 52.2 Å². The number of imide groups is 1. The van der Waals surface area contributed by atoms with Crippen LogP contribution in [-0.2, 0) is 9.59 Å². The van der Waals surface area contributed by atoms with Crippen molar-refractivity contribution < 1.29 is 14.4 Å². The summed E-state index contributed by atoms with van der Waals surface area (Å²) < 4.78 is 0. The number of para-hydroxylation sites is 1. The molecule has 0 aromatic heterocycles.